The van der Waals surface area contributed by atoms with Crippen LogP contribution in [0.25, 0.3) is 0 Å². The summed E-state index contributed by atoms with van der Waals surface area (Å²) in [6.45, 7) is 2.46. The molecule has 1 heterocycles. The maximum absolute atomic E-state index is 11.2. The van der Waals surface area contributed by atoms with Gasteiger partial charge in [0.2, 0.25) is 0 Å². The molecule has 0 bridgehead atoms. The molecule has 0 spiro atoms. The van der Waals surface area contributed by atoms with Gasteiger partial charge in [0.25, 0.3) is 0 Å². The van der Waals surface area contributed by atoms with Gasteiger partial charge < -0.3 is 14.8 Å². The SMILES string of the molecule is C[C@@H]1NC(=O)O[C@H]1c1ccc(OCc2ccccc2)cc1. The highest BCUT2D eigenvalue weighted by Crippen LogP contribution is 2.27. The topological polar surface area (TPSA) is 47.6 Å². The van der Waals surface area contributed by atoms with Crippen molar-refractivity contribution in [2.75, 3.05) is 0 Å². The number of nitrogens with one attached hydrogen (secondary N) is 1. The summed E-state index contributed by atoms with van der Waals surface area (Å²) in [6.07, 6.45) is -0.599. The maximum atomic E-state index is 11.2. The van der Waals surface area contributed by atoms with E-state index in [4.69, 9.17) is 9.47 Å². The number of hydrogen-bond donors (Lipinski definition) is 1. The normalized spacial score (nSPS) is 20.7. The summed E-state index contributed by atoms with van der Waals surface area (Å²) in [5.41, 5.74) is 2.09. The van der Waals surface area contributed by atoms with Crippen LogP contribution in [-0.2, 0) is 11.3 Å². The van der Waals surface area contributed by atoms with Crippen molar-refractivity contribution in [2.45, 2.75) is 25.7 Å². The van der Waals surface area contributed by atoms with Crippen molar-refractivity contribution in [2.24, 2.45) is 0 Å². The molecule has 1 amide bonds. The minimum atomic E-state index is -0.364. The van der Waals surface area contributed by atoms with Crippen LogP contribution in [0.5, 0.6) is 5.75 Å². The molecule has 2 aromatic rings. The minimum Gasteiger partial charge on any atom is -0.489 e. The van der Waals surface area contributed by atoms with E-state index in [1.54, 1.807) is 0 Å². The molecule has 1 fully saturated rings. The molecule has 21 heavy (non-hydrogen) atoms. The molecule has 0 saturated carbocycles. The number of carbonyl (C=O) groups is 1. The molecule has 3 rings (SSSR count). The summed E-state index contributed by atoms with van der Waals surface area (Å²) >= 11 is 0. The molecular formula is C17H17NO3. The van der Waals surface area contributed by atoms with Crippen molar-refractivity contribution < 1.29 is 14.3 Å². The zero-order valence-electron chi connectivity index (χ0n) is 11.8. The Kier molecular flexibility index (Phi) is 3.77. The summed E-state index contributed by atoms with van der Waals surface area (Å²) in [5, 5.41) is 2.73. The molecule has 4 nitrogen and oxygen atoms in total. The smallest absolute Gasteiger partial charge is 0.408 e. The Labute approximate surface area is 123 Å². The fourth-order valence-electron chi connectivity index (χ4n) is 2.36. The van der Waals surface area contributed by atoms with Crippen LogP contribution in [0.15, 0.2) is 54.6 Å². The number of amides is 1. The van der Waals surface area contributed by atoms with E-state index in [9.17, 15) is 4.79 Å². The van der Waals surface area contributed by atoms with Crippen LogP contribution in [0.2, 0.25) is 0 Å². The van der Waals surface area contributed by atoms with Crippen molar-refractivity contribution >= 4 is 6.09 Å². The number of ether oxygens (including phenoxy) is 2. The molecule has 2 atom stereocenters. The van der Waals surface area contributed by atoms with Crippen LogP contribution < -0.4 is 10.1 Å². The largest absolute Gasteiger partial charge is 0.489 e. The average Bonchev–Trinajstić information content (AvgIpc) is 2.85. The highest BCUT2D eigenvalue weighted by atomic mass is 16.6. The molecule has 0 radical (unpaired) electrons. The van der Waals surface area contributed by atoms with Gasteiger partial charge in [0.05, 0.1) is 6.04 Å². The third kappa shape index (κ3) is 3.16. The van der Waals surface area contributed by atoms with E-state index in [0.29, 0.717) is 6.61 Å². The molecule has 0 aliphatic carbocycles. The third-order valence-corrected chi connectivity index (χ3v) is 3.49. The second kappa shape index (κ2) is 5.87. The molecule has 4 heteroatoms. The summed E-state index contributed by atoms with van der Waals surface area (Å²) in [7, 11) is 0. The van der Waals surface area contributed by atoms with Gasteiger partial charge in [0.1, 0.15) is 18.5 Å². The van der Waals surface area contributed by atoms with Crippen LogP contribution in [0, 0.1) is 0 Å². The fraction of sp³-hybridized carbons (Fsp3) is 0.235. The number of rotatable bonds is 4. The first kappa shape index (κ1) is 13.5. The van der Waals surface area contributed by atoms with Crippen molar-refractivity contribution in [3.63, 3.8) is 0 Å². The summed E-state index contributed by atoms with van der Waals surface area (Å²) < 4.78 is 11.0. The molecule has 0 aromatic heterocycles. The molecule has 108 valence electrons. The van der Waals surface area contributed by atoms with E-state index in [2.05, 4.69) is 5.32 Å². The van der Waals surface area contributed by atoms with Crippen LogP contribution in [0.1, 0.15) is 24.2 Å². The molecule has 1 aliphatic rings. The predicted octanol–water partition coefficient (Wildman–Crippen LogP) is 3.44. The summed E-state index contributed by atoms with van der Waals surface area (Å²) in [4.78, 5) is 11.2. The van der Waals surface area contributed by atoms with Crippen LogP contribution >= 0.6 is 0 Å². The van der Waals surface area contributed by atoms with Gasteiger partial charge in [-0.15, -0.1) is 0 Å². The summed E-state index contributed by atoms with van der Waals surface area (Å²) in [5.74, 6) is 0.799. The van der Waals surface area contributed by atoms with Gasteiger partial charge in [-0.2, -0.15) is 0 Å². The predicted molar refractivity (Wildman–Crippen MR) is 79.0 cm³/mol. The quantitative estimate of drug-likeness (QED) is 0.935. The Morgan fingerprint density at radius 3 is 2.43 bits per heavy atom. The lowest BCUT2D eigenvalue weighted by atomic mass is 10.0. The molecule has 1 N–H and O–H groups in total. The fourth-order valence-corrected chi connectivity index (χ4v) is 2.36. The average molecular weight is 283 g/mol. The molecule has 1 saturated heterocycles. The standard InChI is InChI=1S/C17H17NO3/c1-12-16(21-17(19)18-12)14-7-9-15(10-8-14)20-11-13-5-3-2-4-6-13/h2-10,12,16H,11H2,1H3,(H,18,19)/t12-,16+/m0/s1. The first-order valence-corrected chi connectivity index (χ1v) is 6.96. The first-order chi connectivity index (χ1) is 10.2. The van der Waals surface area contributed by atoms with Crippen molar-refractivity contribution in [1.82, 2.24) is 5.32 Å². The highest BCUT2D eigenvalue weighted by Gasteiger charge is 2.31. The molecule has 1 aliphatic heterocycles. The Balaban J connectivity index is 1.63. The van der Waals surface area contributed by atoms with Crippen LogP contribution in [0.4, 0.5) is 4.79 Å². The number of cyclic esters (lactones) is 1. The lowest BCUT2D eigenvalue weighted by Gasteiger charge is -2.13. The number of benzene rings is 2. The Morgan fingerprint density at radius 1 is 1.10 bits per heavy atom. The summed E-state index contributed by atoms with van der Waals surface area (Å²) in [6, 6.07) is 17.7. The first-order valence-electron chi connectivity index (χ1n) is 6.96. The van der Waals surface area contributed by atoms with Gasteiger partial charge in [-0.3, -0.25) is 0 Å². The van der Waals surface area contributed by atoms with E-state index in [1.165, 1.54) is 0 Å². The van der Waals surface area contributed by atoms with E-state index in [1.807, 2.05) is 61.5 Å². The molecular weight excluding hydrogens is 266 g/mol. The van der Waals surface area contributed by atoms with Crippen molar-refractivity contribution in [1.29, 1.82) is 0 Å². The zero-order chi connectivity index (χ0) is 14.7. The number of alkyl carbamates (subject to hydrolysis) is 1. The van der Waals surface area contributed by atoms with Gasteiger partial charge in [-0.05, 0) is 30.2 Å². The van der Waals surface area contributed by atoms with Crippen LogP contribution in [0.3, 0.4) is 0 Å². The minimum absolute atomic E-state index is 0.0198. The van der Waals surface area contributed by atoms with Gasteiger partial charge in [-0.25, -0.2) is 4.79 Å². The second-order valence-corrected chi connectivity index (χ2v) is 5.10. The van der Waals surface area contributed by atoms with Gasteiger partial charge in [-0.1, -0.05) is 42.5 Å². The third-order valence-electron chi connectivity index (χ3n) is 3.49. The second-order valence-electron chi connectivity index (χ2n) is 5.10. The highest BCUT2D eigenvalue weighted by molar-refractivity contribution is 5.70. The number of carbonyl (C=O) groups excluding carboxylic acids is 1. The Morgan fingerprint density at radius 2 is 1.81 bits per heavy atom. The van der Waals surface area contributed by atoms with Crippen LogP contribution in [-0.4, -0.2) is 12.1 Å². The number of hydrogen-bond acceptors (Lipinski definition) is 3. The van der Waals surface area contributed by atoms with E-state index in [-0.39, 0.29) is 18.2 Å². The monoisotopic (exact) mass is 283 g/mol. The zero-order valence-corrected chi connectivity index (χ0v) is 11.8. The van der Waals surface area contributed by atoms with Crippen molar-refractivity contribution in [3.8, 4) is 5.75 Å². The van der Waals surface area contributed by atoms with Gasteiger partial charge in [0, 0.05) is 0 Å². The molecule has 0 unspecified atom stereocenters. The lowest BCUT2D eigenvalue weighted by Crippen LogP contribution is -2.23. The van der Waals surface area contributed by atoms with Crippen molar-refractivity contribution in [3.05, 3.63) is 65.7 Å². The van der Waals surface area contributed by atoms with Gasteiger partial charge >= 0.3 is 6.09 Å². The van der Waals surface area contributed by atoms with E-state index < -0.39 is 0 Å². The van der Waals surface area contributed by atoms with Gasteiger partial charge in [0.15, 0.2) is 0 Å². The Bertz CT molecular complexity index is 610. The van der Waals surface area contributed by atoms with E-state index >= 15 is 0 Å². The van der Waals surface area contributed by atoms with E-state index in [0.717, 1.165) is 16.9 Å². The maximum Gasteiger partial charge on any atom is 0.408 e. The lowest BCUT2D eigenvalue weighted by molar-refractivity contribution is 0.134. The Hall–Kier alpha value is -2.49. The molecule has 2 aromatic carbocycles.